The molecule has 28 heavy (non-hydrogen) atoms. The maximum atomic E-state index is 12.3. The van der Waals surface area contributed by atoms with Crippen LogP contribution in [0.2, 0.25) is 0 Å². The molecule has 0 radical (unpaired) electrons. The summed E-state index contributed by atoms with van der Waals surface area (Å²) in [5.41, 5.74) is 2.60. The fourth-order valence-corrected chi connectivity index (χ4v) is 3.60. The molecule has 0 saturated carbocycles. The maximum absolute atomic E-state index is 12.3. The number of aromatic nitrogens is 2. The molecule has 0 bridgehead atoms. The minimum Gasteiger partial charge on any atom is -0.465 e. The van der Waals surface area contributed by atoms with Crippen molar-refractivity contribution >= 4 is 17.7 Å². The molecule has 0 aliphatic carbocycles. The molecule has 1 amide bonds. The molecule has 1 N–H and O–H groups in total. The summed E-state index contributed by atoms with van der Waals surface area (Å²) >= 11 is 0. The molecule has 4 rings (SSSR count). The minimum absolute atomic E-state index is 0.0512. The third kappa shape index (κ3) is 3.31. The van der Waals surface area contributed by atoms with Gasteiger partial charge in [0.15, 0.2) is 0 Å². The molecule has 1 unspecified atom stereocenters. The number of carbonyl (C=O) groups excluding carboxylic acids is 2. The summed E-state index contributed by atoms with van der Waals surface area (Å²) in [7, 11) is 0. The number of anilines is 1. The first-order valence-corrected chi connectivity index (χ1v) is 9.24. The zero-order valence-electron chi connectivity index (χ0n) is 15.8. The predicted molar refractivity (Wildman–Crippen MR) is 103 cm³/mol. The van der Waals surface area contributed by atoms with Gasteiger partial charge in [0.25, 0.3) is 0 Å². The molecule has 1 aromatic carbocycles. The van der Waals surface area contributed by atoms with Crippen molar-refractivity contribution in [1.82, 2.24) is 9.78 Å². The van der Waals surface area contributed by atoms with E-state index in [1.165, 1.54) is 4.68 Å². The lowest BCUT2D eigenvalue weighted by Gasteiger charge is -2.22. The number of rotatable bonds is 5. The number of aryl methyl sites for hydroxylation is 1. The van der Waals surface area contributed by atoms with Gasteiger partial charge in [-0.25, -0.2) is 4.68 Å². The Morgan fingerprint density at radius 2 is 2.07 bits per heavy atom. The molecule has 3 heterocycles. The van der Waals surface area contributed by atoms with Gasteiger partial charge in [-0.05, 0) is 26.0 Å². The zero-order valence-corrected chi connectivity index (χ0v) is 15.8. The molecule has 7 nitrogen and oxygen atoms in total. The highest BCUT2D eigenvalue weighted by Gasteiger charge is 2.34. The van der Waals surface area contributed by atoms with Gasteiger partial charge in [-0.3, -0.25) is 9.59 Å². The number of furan rings is 1. The topological polar surface area (TPSA) is 86.4 Å². The van der Waals surface area contributed by atoms with E-state index in [2.05, 4.69) is 10.4 Å². The molecule has 144 valence electrons. The third-order valence-electron chi connectivity index (χ3n) is 4.78. The molecule has 1 aliphatic heterocycles. The number of ether oxygens (including phenoxy) is 1. The second-order valence-corrected chi connectivity index (χ2v) is 6.68. The molecular weight excluding hydrogens is 358 g/mol. The average molecular weight is 379 g/mol. The first kappa shape index (κ1) is 18.0. The Balaban J connectivity index is 1.70. The van der Waals surface area contributed by atoms with Crippen LogP contribution in [-0.2, 0) is 20.9 Å². The van der Waals surface area contributed by atoms with Crippen molar-refractivity contribution in [2.75, 3.05) is 11.9 Å². The van der Waals surface area contributed by atoms with E-state index in [9.17, 15) is 9.59 Å². The number of esters is 1. The van der Waals surface area contributed by atoms with Gasteiger partial charge in [-0.15, -0.1) is 0 Å². The number of hydrogen-bond donors (Lipinski definition) is 1. The molecule has 7 heteroatoms. The highest BCUT2D eigenvalue weighted by Crippen LogP contribution is 2.40. The van der Waals surface area contributed by atoms with Crippen molar-refractivity contribution in [2.45, 2.75) is 32.7 Å². The minimum atomic E-state index is -0.395. The van der Waals surface area contributed by atoms with Crippen LogP contribution >= 0.6 is 0 Å². The van der Waals surface area contributed by atoms with E-state index in [1.807, 2.05) is 49.4 Å². The fourth-order valence-electron chi connectivity index (χ4n) is 3.60. The van der Waals surface area contributed by atoms with Crippen molar-refractivity contribution in [2.24, 2.45) is 0 Å². The van der Waals surface area contributed by atoms with E-state index in [-0.39, 0.29) is 24.8 Å². The number of nitrogens with zero attached hydrogens (tertiary/aromatic N) is 2. The largest absolute Gasteiger partial charge is 0.465 e. The summed E-state index contributed by atoms with van der Waals surface area (Å²) in [4.78, 5) is 24.2. The quantitative estimate of drug-likeness (QED) is 0.686. The number of fused-ring (bicyclic) bond motifs is 1. The van der Waals surface area contributed by atoms with Gasteiger partial charge in [0, 0.05) is 17.5 Å². The van der Waals surface area contributed by atoms with Crippen molar-refractivity contribution in [1.29, 1.82) is 0 Å². The number of benzene rings is 1. The fraction of sp³-hybridized carbons (Fsp3) is 0.286. The molecule has 1 atom stereocenters. The average Bonchev–Trinajstić information content (AvgIpc) is 3.28. The molecule has 0 fully saturated rings. The highest BCUT2D eigenvalue weighted by atomic mass is 16.5. The molecule has 1 aliphatic rings. The van der Waals surface area contributed by atoms with Gasteiger partial charge in [0.05, 0.1) is 18.2 Å². The molecule has 3 aromatic rings. The normalized spacial score (nSPS) is 15.8. The number of hydrogen-bond acceptors (Lipinski definition) is 5. The molecule has 2 aromatic heterocycles. The van der Waals surface area contributed by atoms with Crippen LogP contribution in [0.5, 0.6) is 0 Å². The van der Waals surface area contributed by atoms with Crippen molar-refractivity contribution in [3.8, 4) is 11.3 Å². The lowest BCUT2D eigenvalue weighted by Crippen LogP contribution is -2.26. The van der Waals surface area contributed by atoms with E-state index in [0.717, 1.165) is 22.6 Å². The summed E-state index contributed by atoms with van der Waals surface area (Å²) in [6.07, 6.45) is 0.265. The Hall–Kier alpha value is -3.35. The van der Waals surface area contributed by atoms with E-state index < -0.39 is 5.97 Å². The van der Waals surface area contributed by atoms with Crippen LogP contribution in [0.25, 0.3) is 11.3 Å². The summed E-state index contributed by atoms with van der Waals surface area (Å²) in [5.74, 6) is 1.20. The zero-order chi connectivity index (χ0) is 19.7. The van der Waals surface area contributed by atoms with Gasteiger partial charge in [-0.2, -0.15) is 5.10 Å². The van der Waals surface area contributed by atoms with E-state index in [0.29, 0.717) is 18.2 Å². The third-order valence-corrected chi connectivity index (χ3v) is 4.78. The highest BCUT2D eigenvalue weighted by molar-refractivity contribution is 5.94. The van der Waals surface area contributed by atoms with Gasteiger partial charge < -0.3 is 14.5 Å². The summed E-state index contributed by atoms with van der Waals surface area (Å²) in [6.45, 7) is 3.86. The Labute approximate surface area is 162 Å². The molecule has 0 spiro atoms. The van der Waals surface area contributed by atoms with Crippen LogP contribution in [0.3, 0.4) is 0 Å². The van der Waals surface area contributed by atoms with Crippen LogP contribution in [0.1, 0.15) is 36.3 Å². The lowest BCUT2D eigenvalue weighted by molar-refractivity contribution is -0.144. The van der Waals surface area contributed by atoms with Crippen LogP contribution < -0.4 is 5.32 Å². The Morgan fingerprint density at radius 1 is 1.29 bits per heavy atom. The number of nitrogens with one attached hydrogen (secondary N) is 1. The van der Waals surface area contributed by atoms with Crippen LogP contribution in [0.15, 0.2) is 46.9 Å². The lowest BCUT2D eigenvalue weighted by atomic mass is 9.90. The Bertz CT molecular complexity index is 1020. The first-order valence-electron chi connectivity index (χ1n) is 9.24. The summed E-state index contributed by atoms with van der Waals surface area (Å²) in [5, 5.41) is 7.30. The molecule has 0 saturated heterocycles. The van der Waals surface area contributed by atoms with Crippen LogP contribution in [0.4, 0.5) is 5.82 Å². The van der Waals surface area contributed by atoms with Gasteiger partial charge in [-0.1, -0.05) is 30.3 Å². The maximum Gasteiger partial charge on any atom is 0.327 e. The SMILES string of the molecule is CCOC(=O)Cn1nc(C)c2c1NC(=O)CC2c1ccc(-c2ccccc2)o1. The standard InChI is InChI=1S/C21H21N3O4/c1-3-27-19(26)12-24-21-20(13(2)23-24)15(11-18(25)22-21)17-10-9-16(28-17)14-7-5-4-6-8-14/h4-10,15H,3,11-12H2,1-2H3,(H,22,25). The smallest absolute Gasteiger partial charge is 0.327 e. The summed E-state index contributed by atoms with van der Waals surface area (Å²) < 4.78 is 12.6. The molecular formula is C21H21N3O4. The second kappa shape index (κ2) is 7.34. The number of carbonyl (C=O) groups is 2. The van der Waals surface area contributed by atoms with Gasteiger partial charge >= 0.3 is 5.97 Å². The van der Waals surface area contributed by atoms with Gasteiger partial charge in [0.2, 0.25) is 5.91 Å². The first-order chi connectivity index (χ1) is 13.6. The van der Waals surface area contributed by atoms with E-state index >= 15 is 0 Å². The van der Waals surface area contributed by atoms with Crippen molar-refractivity contribution in [3.05, 3.63) is 59.5 Å². The van der Waals surface area contributed by atoms with Gasteiger partial charge in [0.1, 0.15) is 23.9 Å². The monoisotopic (exact) mass is 379 g/mol. The number of amides is 1. The predicted octanol–water partition coefficient (Wildman–Crippen LogP) is 3.49. The Kier molecular flexibility index (Phi) is 4.73. The van der Waals surface area contributed by atoms with Crippen LogP contribution in [0, 0.1) is 6.92 Å². The van der Waals surface area contributed by atoms with Crippen molar-refractivity contribution in [3.63, 3.8) is 0 Å². The second-order valence-electron chi connectivity index (χ2n) is 6.68. The van der Waals surface area contributed by atoms with Crippen molar-refractivity contribution < 1.29 is 18.7 Å². The van der Waals surface area contributed by atoms with Crippen LogP contribution in [-0.4, -0.2) is 28.3 Å². The van der Waals surface area contributed by atoms with E-state index in [4.69, 9.17) is 9.15 Å². The summed E-state index contributed by atoms with van der Waals surface area (Å²) in [6, 6.07) is 13.6. The van der Waals surface area contributed by atoms with E-state index in [1.54, 1.807) is 6.92 Å². The Morgan fingerprint density at radius 3 is 2.82 bits per heavy atom.